The lowest BCUT2D eigenvalue weighted by Gasteiger charge is -2.07. The molecule has 0 aliphatic rings. The van der Waals surface area contributed by atoms with E-state index in [2.05, 4.69) is 15.9 Å². The van der Waals surface area contributed by atoms with E-state index in [1.807, 2.05) is 6.07 Å². The van der Waals surface area contributed by atoms with Crippen molar-refractivity contribution in [1.29, 1.82) is 5.26 Å². The van der Waals surface area contributed by atoms with E-state index in [9.17, 15) is 4.79 Å². The lowest BCUT2D eigenvalue weighted by atomic mass is 10.1. The summed E-state index contributed by atoms with van der Waals surface area (Å²) < 4.78 is 5.84. The Hall–Kier alpha value is -2.32. The summed E-state index contributed by atoms with van der Waals surface area (Å²) in [7, 11) is 0. The van der Waals surface area contributed by atoms with Gasteiger partial charge in [-0.3, -0.25) is 0 Å². The molecule has 0 saturated carbocycles. The highest BCUT2D eigenvalue weighted by Gasteiger charge is 2.12. The second-order valence-corrected chi connectivity index (χ2v) is 4.98. The fourth-order valence-corrected chi connectivity index (χ4v) is 2.07. The van der Waals surface area contributed by atoms with E-state index in [-0.39, 0.29) is 6.61 Å². The van der Waals surface area contributed by atoms with E-state index >= 15 is 0 Å². The van der Waals surface area contributed by atoms with Crippen LogP contribution in [-0.4, -0.2) is 5.97 Å². The molecule has 0 radical (unpaired) electrons. The Morgan fingerprint density at radius 1 is 1.30 bits per heavy atom. The molecule has 0 amide bonds. The molecule has 2 rings (SSSR count). The van der Waals surface area contributed by atoms with Gasteiger partial charge in [-0.2, -0.15) is 5.26 Å². The van der Waals surface area contributed by atoms with Gasteiger partial charge in [0, 0.05) is 10.2 Å². The van der Waals surface area contributed by atoms with Crippen LogP contribution in [0.2, 0.25) is 0 Å². The van der Waals surface area contributed by atoms with Crippen molar-refractivity contribution >= 4 is 27.6 Å². The van der Waals surface area contributed by atoms with Crippen LogP contribution in [0.4, 0.5) is 5.69 Å². The minimum Gasteiger partial charge on any atom is -0.457 e. The first-order chi connectivity index (χ1) is 9.60. The molecule has 0 unspecified atom stereocenters. The Morgan fingerprint density at radius 2 is 2.10 bits per heavy atom. The lowest BCUT2D eigenvalue weighted by Crippen LogP contribution is -2.07. The maximum atomic E-state index is 12.0. The van der Waals surface area contributed by atoms with Crippen molar-refractivity contribution in [2.24, 2.45) is 0 Å². The Bertz CT molecular complexity index is 693. The van der Waals surface area contributed by atoms with Crippen LogP contribution in [0.15, 0.2) is 46.9 Å². The SMILES string of the molecule is N#Cc1cccc(COC(=O)c2cc(N)ccc2Br)c1. The standard InChI is InChI=1S/C15H11BrN2O2/c16-14-5-4-12(18)7-13(14)15(19)20-9-11-3-1-2-10(6-11)8-17/h1-7H,9,18H2. The number of nitrogens with two attached hydrogens (primary N) is 1. The third-order valence-electron chi connectivity index (χ3n) is 2.64. The normalized spacial score (nSPS) is 9.80. The first kappa shape index (κ1) is 14.1. The van der Waals surface area contributed by atoms with Gasteiger partial charge in [-0.15, -0.1) is 0 Å². The van der Waals surface area contributed by atoms with Crippen molar-refractivity contribution in [2.75, 3.05) is 5.73 Å². The number of carbonyl (C=O) groups excluding carboxylic acids is 1. The number of anilines is 1. The summed E-state index contributed by atoms with van der Waals surface area (Å²) in [6.07, 6.45) is 0. The van der Waals surface area contributed by atoms with Crippen LogP contribution < -0.4 is 5.73 Å². The van der Waals surface area contributed by atoms with E-state index in [4.69, 9.17) is 15.7 Å². The summed E-state index contributed by atoms with van der Waals surface area (Å²) in [5, 5.41) is 8.81. The predicted molar refractivity (Wildman–Crippen MR) is 78.8 cm³/mol. The third kappa shape index (κ3) is 3.37. The van der Waals surface area contributed by atoms with E-state index in [1.165, 1.54) is 0 Å². The molecule has 2 aromatic rings. The molecule has 0 aromatic heterocycles. The number of benzene rings is 2. The Morgan fingerprint density at radius 3 is 2.85 bits per heavy atom. The van der Waals surface area contributed by atoms with Gasteiger partial charge < -0.3 is 10.5 Å². The maximum absolute atomic E-state index is 12.0. The summed E-state index contributed by atoms with van der Waals surface area (Å²) in [5.41, 5.74) is 7.81. The predicted octanol–water partition coefficient (Wildman–Crippen LogP) is 3.26. The van der Waals surface area contributed by atoms with Gasteiger partial charge in [0.05, 0.1) is 17.2 Å². The molecule has 100 valence electrons. The van der Waals surface area contributed by atoms with Gasteiger partial charge in [0.1, 0.15) is 6.61 Å². The average molecular weight is 331 g/mol. The Balaban J connectivity index is 2.09. The molecule has 0 bridgehead atoms. The van der Waals surface area contributed by atoms with Crippen LogP contribution >= 0.6 is 15.9 Å². The van der Waals surface area contributed by atoms with Gasteiger partial charge in [0.25, 0.3) is 0 Å². The number of esters is 1. The summed E-state index contributed by atoms with van der Waals surface area (Å²) >= 11 is 3.28. The minimum atomic E-state index is -0.466. The largest absolute Gasteiger partial charge is 0.457 e. The molecule has 4 nitrogen and oxygen atoms in total. The highest BCUT2D eigenvalue weighted by Crippen LogP contribution is 2.21. The number of hydrogen-bond acceptors (Lipinski definition) is 4. The van der Waals surface area contributed by atoms with E-state index < -0.39 is 5.97 Å². The molecule has 5 heteroatoms. The summed E-state index contributed by atoms with van der Waals surface area (Å²) in [6.45, 7) is 0.107. The third-order valence-corrected chi connectivity index (χ3v) is 3.33. The fraction of sp³-hybridized carbons (Fsp3) is 0.0667. The first-order valence-corrected chi connectivity index (χ1v) is 6.60. The molecule has 2 N–H and O–H groups in total. The smallest absolute Gasteiger partial charge is 0.339 e. The molecule has 0 heterocycles. The van der Waals surface area contributed by atoms with Crippen LogP contribution in [0.25, 0.3) is 0 Å². The van der Waals surface area contributed by atoms with Gasteiger partial charge >= 0.3 is 5.97 Å². The van der Waals surface area contributed by atoms with Crippen LogP contribution in [-0.2, 0) is 11.3 Å². The highest BCUT2D eigenvalue weighted by atomic mass is 79.9. The lowest BCUT2D eigenvalue weighted by molar-refractivity contribution is 0.0471. The molecule has 0 spiro atoms. The van der Waals surface area contributed by atoms with Gasteiger partial charge in [0.2, 0.25) is 0 Å². The number of carbonyl (C=O) groups is 1. The second kappa shape index (κ2) is 6.22. The first-order valence-electron chi connectivity index (χ1n) is 5.81. The fourth-order valence-electron chi connectivity index (χ4n) is 1.66. The number of ether oxygens (including phenoxy) is 1. The minimum absolute atomic E-state index is 0.107. The van der Waals surface area contributed by atoms with Crippen molar-refractivity contribution < 1.29 is 9.53 Å². The number of rotatable bonds is 3. The molecular weight excluding hydrogens is 320 g/mol. The van der Waals surface area contributed by atoms with Crippen molar-refractivity contribution in [3.8, 4) is 6.07 Å². The van der Waals surface area contributed by atoms with Crippen molar-refractivity contribution in [2.45, 2.75) is 6.61 Å². The molecule has 0 saturated heterocycles. The van der Waals surface area contributed by atoms with Crippen LogP contribution in [0.1, 0.15) is 21.5 Å². The molecular formula is C15H11BrN2O2. The second-order valence-electron chi connectivity index (χ2n) is 4.13. The Labute approximate surface area is 124 Å². The number of nitrogens with zero attached hydrogens (tertiary/aromatic N) is 1. The molecule has 0 aliphatic carbocycles. The zero-order valence-electron chi connectivity index (χ0n) is 10.5. The van der Waals surface area contributed by atoms with E-state index in [1.54, 1.807) is 42.5 Å². The number of hydrogen-bond donors (Lipinski definition) is 1. The van der Waals surface area contributed by atoms with Gasteiger partial charge in [-0.1, -0.05) is 12.1 Å². The quantitative estimate of drug-likeness (QED) is 0.692. The van der Waals surface area contributed by atoms with Gasteiger partial charge in [-0.25, -0.2) is 4.79 Å². The van der Waals surface area contributed by atoms with Gasteiger partial charge in [-0.05, 0) is 51.8 Å². The highest BCUT2D eigenvalue weighted by molar-refractivity contribution is 9.10. The number of nitriles is 1. The number of halogens is 1. The van der Waals surface area contributed by atoms with Crippen LogP contribution in [0.3, 0.4) is 0 Å². The number of nitrogen functional groups attached to an aromatic ring is 1. The van der Waals surface area contributed by atoms with Crippen molar-refractivity contribution in [1.82, 2.24) is 0 Å². The molecule has 0 atom stereocenters. The maximum Gasteiger partial charge on any atom is 0.339 e. The molecule has 20 heavy (non-hydrogen) atoms. The monoisotopic (exact) mass is 330 g/mol. The zero-order chi connectivity index (χ0) is 14.5. The van der Waals surface area contributed by atoms with Crippen LogP contribution in [0.5, 0.6) is 0 Å². The average Bonchev–Trinajstić information content (AvgIpc) is 2.47. The summed E-state index contributed by atoms with van der Waals surface area (Å²) in [6, 6.07) is 13.9. The van der Waals surface area contributed by atoms with Crippen molar-refractivity contribution in [3.63, 3.8) is 0 Å². The molecule has 0 aliphatic heterocycles. The molecule has 2 aromatic carbocycles. The van der Waals surface area contributed by atoms with Gasteiger partial charge in [0.15, 0.2) is 0 Å². The topological polar surface area (TPSA) is 76.1 Å². The van der Waals surface area contributed by atoms with E-state index in [0.717, 1.165) is 5.56 Å². The van der Waals surface area contributed by atoms with E-state index in [0.29, 0.717) is 21.3 Å². The summed E-state index contributed by atoms with van der Waals surface area (Å²) in [5.74, 6) is -0.466. The molecule has 0 fully saturated rings. The summed E-state index contributed by atoms with van der Waals surface area (Å²) in [4.78, 5) is 12.0. The zero-order valence-corrected chi connectivity index (χ0v) is 12.1. The van der Waals surface area contributed by atoms with Crippen molar-refractivity contribution in [3.05, 3.63) is 63.6 Å². The van der Waals surface area contributed by atoms with Crippen LogP contribution in [0, 0.1) is 11.3 Å². The Kier molecular flexibility index (Phi) is 4.38.